The Morgan fingerprint density at radius 1 is 1.05 bits per heavy atom. The number of nitrogens with zero attached hydrogens (tertiary/aromatic N) is 2. The second-order valence-electron chi connectivity index (χ2n) is 6.10. The van der Waals surface area contributed by atoms with Gasteiger partial charge in [-0.05, 0) is 19.4 Å². The minimum Gasteiger partial charge on any atom is -0.389 e. The lowest BCUT2D eigenvalue weighted by Crippen LogP contribution is -2.48. The van der Waals surface area contributed by atoms with E-state index < -0.39 is 0 Å². The molecule has 0 spiro atoms. The predicted molar refractivity (Wildman–Crippen MR) is 85.3 cm³/mol. The van der Waals surface area contributed by atoms with Crippen LogP contribution in [0.1, 0.15) is 19.4 Å². The summed E-state index contributed by atoms with van der Waals surface area (Å²) in [5.41, 5.74) is 1.37. The third-order valence-corrected chi connectivity index (χ3v) is 3.80. The summed E-state index contributed by atoms with van der Waals surface area (Å²) in [6.07, 6.45) is -0.199. The van der Waals surface area contributed by atoms with Gasteiger partial charge in [-0.25, -0.2) is 0 Å². The first-order valence-electron chi connectivity index (χ1n) is 7.92. The molecule has 0 aromatic heterocycles. The van der Waals surface area contributed by atoms with Crippen LogP contribution in [0.5, 0.6) is 0 Å². The number of ether oxygens (including phenoxy) is 1. The highest BCUT2D eigenvalue weighted by atomic mass is 16.5. The zero-order valence-electron chi connectivity index (χ0n) is 13.2. The molecular formula is C17H28N2O2. The standard InChI is InChI=1S/C17H28N2O2/c1-15(2)21-14-17(20)13-19-10-8-18(9-11-19)12-16-6-4-3-5-7-16/h3-7,15,17,20H,8-14H2,1-2H3/t17-/m1/s1. The number of hydrogen-bond acceptors (Lipinski definition) is 4. The Hall–Kier alpha value is -0.940. The van der Waals surface area contributed by atoms with Crippen molar-refractivity contribution in [2.45, 2.75) is 32.6 Å². The van der Waals surface area contributed by atoms with Gasteiger partial charge in [0.1, 0.15) is 0 Å². The van der Waals surface area contributed by atoms with Crippen LogP contribution < -0.4 is 0 Å². The van der Waals surface area contributed by atoms with Crippen molar-refractivity contribution in [3.05, 3.63) is 35.9 Å². The summed E-state index contributed by atoms with van der Waals surface area (Å²) in [5.74, 6) is 0. The molecule has 2 rings (SSSR count). The summed E-state index contributed by atoms with van der Waals surface area (Å²) in [6.45, 7) is 10.3. The Labute approximate surface area is 128 Å². The van der Waals surface area contributed by atoms with Gasteiger partial charge < -0.3 is 9.84 Å². The lowest BCUT2D eigenvalue weighted by Gasteiger charge is -2.35. The topological polar surface area (TPSA) is 35.9 Å². The van der Waals surface area contributed by atoms with Gasteiger partial charge in [-0.2, -0.15) is 0 Å². The van der Waals surface area contributed by atoms with Gasteiger partial charge in [-0.15, -0.1) is 0 Å². The van der Waals surface area contributed by atoms with E-state index in [2.05, 4.69) is 40.1 Å². The summed E-state index contributed by atoms with van der Waals surface area (Å²) in [6, 6.07) is 10.6. The van der Waals surface area contributed by atoms with E-state index >= 15 is 0 Å². The summed E-state index contributed by atoms with van der Waals surface area (Å²) in [4.78, 5) is 4.80. The van der Waals surface area contributed by atoms with Gasteiger partial charge in [0.25, 0.3) is 0 Å². The van der Waals surface area contributed by atoms with E-state index in [4.69, 9.17) is 4.74 Å². The van der Waals surface area contributed by atoms with Crippen LogP contribution in [-0.4, -0.2) is 66.4 Å². The van der Waals surface area contributed by atoms with Gasteiger partial charge in [0, 0.05) is 39.3 Å². The average molecular weight is 292 g/mol. The normalized spacial score (nSPS) is 19.0. The van der Waals surface area contributed by atoms with E-state index in [1.54, 1.807) is 0 Å². The second kappa shape index (κ2) is 8.49. The Morgan fingerprint density at radius 3 is 2.29 bits per heavy atom. The molecule has 0 amide bonds. The molecule has 1 heterocycles. The average Bonchev–Trinajstić information content (AvgIpc) is 2.48. The summed E-state index contributed by atoms with van der Waals surface area (Å²) < 4.78 is 5.46. The SMILES string of the molecule is CC(C)OC[C@H](O)CN1CCN(Cc2ccccc2)CC1. The van der Waals surface area contributed by atoms with E-state index in [9.17, 15) is 5.11 Å². The predicted octanol–water partition coefficient (Wildman–Crippen LogP) is 1.59. The smallest absolute Gasteiger partial charge is 0.0900 e. The summed E-state index contributed by atoms with van der Waals surface area (Å²) in [7, 11) is 0. The van der Waals surface area contributed by atoms with Crippen molar-refractivity contribution in [2.24, 2.45) is 0 Å². The molecule has 4 heteroatoms. The van der Waals surface area contributed by atoms with E-state index in [1.165, 1.54) is 5.56 Å². The van der Waals surface area contributed by atoms with Crippen LogP contribution in [0, 0.1) is 0 Å². The quantitative estimate of drug-likeness (QED) is 0.828. The Balaban J connectivity index is 1.66. The Morgan fingerprint density at radius 2 is 1.67 bits per heavy atom. The highest BCUT2D eigenvalue weighted by Gasteiger charge is 2.19. The van der Waals surface area contributed by atoms with Gasteiger partial charge in [0.05, 0.1) is 18.8 Å². The van der Waals surface area contributed by atoms with Gasteiger partial charge >= 0.3 is 0 Å². The van der Waals surface area contributed by atoms with Crippen LogP contribution in [0.2, 0.25) is 0 Å². The number of rotatable bonds is 7. The van der Waals surface area contributed by atoms with Gasteiger partial charge in [0.2, 0.25) is 0 Å². The fraction of sp³-hybridized carbons (Fsp3) is 0.647. The van der Waals surface area contributed by atoms with Gasteiger partial charge in [0.15, 0.2) is 0 Å². The zero-order valence-corrected chi connectivity index (χ0v) is 13.2. The van der Waals surface area contributed by atoms with E-state index in [0.29, 0.717) is 13.2 Å². The minimum atomic E-state index is -0.381. The molecule has 0 aliphatic carbocycles. The van der Waals surface area contributed by atoms with Gasteiger partial charge in [-0.3, -0.25) is 9.80 Å². The van der Waals surface area contributed by atoms with Crippen LogP contribution in [0.4, 0.5) is 0 Å². The van der Waals surface area contributed by atoms with Crippen molar-refractivity contribution in [3.63, 3.8) is 0 Å². The first-order chi connectivity index (χ1) is 10.1. The molecule has 1 aromatic carbocycles. The molecule has 1 aliphatic rings. The molecule has 0 saturated carbocycles. The van der Waals surface area contributed by atoms with E-state index in [1.807, 2.05) is 13.8 Å². The molecule has 1 atom stereocenters. The van der Waals surface area contributed by atoms with Crippen molar-refractivity contribution < 1.29 is 9.84 Å². The number of hydrogen-bond donors (Lipinski definition) is 1. The van der Waals surface area contributed by atoms with Crippen molar-refractivity contribution in [1.82, 2.24) is 9.80 Å². The third kappa shape index (κ3) is 6.14. The zero-order chi connectivity index (χ0) is 15.1. The fourth-order valence-electron chi connectivity index (χ4n) is 2.63. The molecule has 1 fully saturated rings. The van der Waals surface area contributed by atoms with Crippen LogP contribution >= 0.6 is 0 Å². The highest BCUT2D eigenvalue weighted by molar-refractivity contribution is 5.14. The van der Waals surface area contributed by atoms with Crippen molar-refractivity contribution in [1.29, 1.82) is 0 Å². The Kier molecular flexibility index (Phi) is 6.64. The molecule has 21 heavy (non-hydrogen) atoms. The van der Waals surface area contributed by atoms with Crippen LogP contribution in [0.3, 0.4) is 0 Å². The molecule has 0 bridgehead atoms. The first-order valence-corrected chi connectivity index (χ1v) is 7.92. The maximum Gasteiger partial charge on any atom is 0.0900 e. The maximum atomic E-state index is 9.97. The fourth-order valence-corrected chi connectivity index (χ4v) is 2.63. The number of benzene rings is 1. The summed E-state index contributed by atoms with van der Waals surface area (Å²) >= 11 is 0. The van der Waals surface area contributed by atoms with Crippen molar-refractivity contribution in [2.75, 3.05) is 39.3 Å². The number of piperazine rings is 1. The molecule has 1 N–H and O–H groups in total. The lowest BCUT2D eigenvalue weighted by atomic mass is 10.2. The lowest BCUT2D eigenvalue weighted by molar-refractivity contribution is -0.0148. The first kappa shape index (κ1) is 16.4. The number of aliphatic hydroxyl groups excluding tert-OH is 1. The second-order valence-corrected chi connectivity index (χ2v) is 6.10. The highest BCUT2D eigenvalue weighted by Crippen LogP contribution is 2.09. The molecule has 0 radical (unpaired) electrons. The Bertz CT molecular complexity index is 389. The van der Waals surface area contributed by atoms with E-state index in [0.717, 1.165) is 32.7 Å². The van der Waals surface area contributed by atoms with E-state index in [-0.39, 0.29) is 12.2 Å². The molecule has 1 aromatic rings. The van der Waals surface area contributed by atoms with Crippen LogP contribution in [0.25, 0.3) is 0 Å². The van der Waals surface area contributed by atoms with Crippen molar-refractivity contribution >= 4 is 0 Å². The molecule has 1 saturated heterocycles. The maximum absolute atomic E-state index is 9.97. The molecular weight excluding hydrogens is 264 g/mol. The number of β-amino-alcohol motifs (C(OH)–C–C–N with tert-alkyl or cyclic N) is 1. The molecule has 0 unspecified atom stereocenters. The van der Waals surface area contributed by atoms with Crippen molar-refractivity contribution in [3.8, 4) is 0 Å². The number of aliphatic hydroxyl groups is 1. The third-order valence-electron chi connectivity index (χ3n) is 3.80. The van der Waals surface area contributed by atoms with Crippen LogP contribution in [0.15, 0.2) is 30.3 Å². The summed E-state index contributed by atoms with van der Waals surface area (Å²) in [5, 5.41) is 9.97. The van der Waals surface area contributed by atoms with Gasteiger partial charge in [-0.1, -0.05) is 30.3 Å². The molecule has 1 aliphatic heterocycles. The largest absolute Gasteiger partial charge is 0.389 e. The monoisotopic (exact) mass is 292 g/mol. The van der Waals surface area contributed by atoms with Crippen LogP contribution in [-0.2, 0) is 11.3 Å². The molecule has 118 valence electrons. The molecule has 4 nitrogen and oxygen atoms in total. The minimum absolute atomic E-state index is 0.183.